The zero-order chi connectivity index (χ0) is 13.6. The monoisotopic (exact) mass is 251 g/mol. The zero-order valence-electron chi connectivity index (χ0n) is 11.1. The molecule has 4 heteroatoms. The van der Waals surface area contributed by atoms with Gasteiger partial charge in [-0.1, -0.05) is 30.3 Å². The van der Waals surface area contributed by atoms with E-state index in [0.717, 1.165) is 5.56 Å². The lowest BCUT2D eigenvalue weighted by atomic mass is 9.83. The number of ether oxygens (including phenoxy) is 1. The number of aliphatic hydroxyl groups is 1. The lowest BCUT2D eigenvalue weighted by Crippen LogP contribution is -2.48. The zero-order valence-corrected chi connectivity index (χ0v) is 11.1. The lowest BCUT2D eigenvalue weighted by molar-refractivity contribution is -0.127. The number of nitrogens with one attached hydrogen (secondary N) is 1. The standard InChI is InChI=1S/C14H21NO3/c1-14(2,11-7-5-4-6-8-11)13(17)15-12(9-16)10-18-3/h4-8,12,16H,9-10H2,1-3H3,(H,15,17). The van der Waals surface area contributed by atoms with E-state index in [1.54, 1.807) is 0 Å². The smallest absolute Gasteiger partial charge is 0.230 e. The first-order valence-electron chi connectivity index (χ1n) is 5.98. The normalized spacial score (nSPS) is 13.1. The molecule has 0 saturated heterocycles. The van der Waals surface area contributed by atoms with Crippen LogP contribution >= 0.6 is 0 Å². The highest BCUT2D eigenvalue weighted by Gasteiger charge is 2.30. The van der Waals surface area contributed by atoms with Gasteiger partial charge in [-0.3, -0.25) is 4.79 Å². The fourth-order valence-corrected chi connectivity index (χ4v) is 1.69. The number of hydrogen-bond acceptors (Lipinski definition) is 3. The summed E-state index contributed by atoms with van der Waals surface area (Å²) < 4.78 is 4.94. The summed E-state index contributed by atoms with van der Waals surface area (Å²) in [4.78, 5) is 12.2. The van der Waals surface area contributed by atoms with Crippen molar-refractivity contribution in [3.05, 3.63) is 35.9 Å². The number of rotatable bonds is 6. The predicted octanol–water partition coefficient (Wildman–Crippen LogP) is 1.09. The fraction of sp³-hybridized carbons (Fsp3) is 0.500. The second-order valence-corrected chi connectivity index (χ2v) is 4.80. The lowest BCUT2D eigenvalue weighted by Gasteiger charge is -2.27. The van der Waals surface area contributed by atoms with Crippen molar-refractivity contribution in [1.82, 2.24) is 5.32 Å². The second kappa shape index (κ2) is 6.52. The Bertz CT molecular complexity index is 376. The number of carbonyl (C=O) groups excluding carboxylic acids is 1. The molecule has 0 spiro atoms. The van der Waals surface area contributed by atoms with Gasteiger partial charge in [-0.2, -0.15) is 0 Å². The molecular formula is C14H21NO3. The molecule has 0 radical (unpaired) electrons. The highest BCUT2D eigenvalue weighted by atomic mass is 16.5. The second-order valence-electron chi connectivity index (χ2n) is 4.80. The molecule has 0 heterocycles. The van der Waals surface area contributed by atoms with Gasteiger partial charge in [0.25, 0.3) is 0 Å². The van der Waals surface area contributed by atoms with Crippen molar-refractivity contribution in [3.8, 4) is 0 Å². The molecule has 18 heavy (non-hydrogen) atoms. The van der Waals surface area contributed by atoms with Crippen molar-refractivity contribution in [2.24, 2.45) is 0 Å². The summed E-state index contributed by atoms with van der Waals surface area (Å²) in [6.45, 7) is 3.88. The maximum Gasteiger partial charge on any atom is 0.230 e. The largest absolute Gasteiger partial charge is 0.394 e. The molecule has 0 aliphatic rings. The highest BCUT2D eigenvalue weighted by Crippen LogP contribution is 2.23. The van der Waals surface area contributed by atoms with Gasteiger partial charge in [0.15, 0.2) is 0 Å². The highest BCUT2D eigenvalue weighted by molar-refractivity contribution is 5.87. The van der Waals surface area contributed by atoms with Crippen molar-refractivity contribution >= 4 is 5.91 Å². The topological polar surface area (TPSA) is 58.6 Å². The van der Waals surface area contributed by atoms with E-state index >= 15 is 0 Å². The van der Waals surface area contributed by atoms with E-state index in [-0.39, 0.29) is 18.6 Å². The van der Waals surface area contributed by atoms with E-state index in [2.05, 4.69) is 5.32 Å². The van der Waals surface area contributed by atoms with Gasteiger partial charge in [-0.15, -0.1) is 0 Å². The van der Waals surface area contributed by atoms with Crippen LogP contribution in [0.2, 0.25) is 0 Å². The molecule has 1 aromatic rings. The molecule has 0 aliphatic heterocycles. The summed E-state index contributed by atoms with van der Waals surface area (Å²) >= 11 is 0. The van der Waals surface area contributed by atoms with Gasteiger partial charge < -0.3 is 15.2 Å². The summed E-state index contributed by atoms with van der Waals surface area (Å²) in [5.74, 6) is -0.121. The van der Waals surface area contributed by atoms with Crippen molar-refractivity contribution in [2.45, 2.75) is 25.3 Å². The maximum absolute atomic E-state index is 12.2. The third-order valence-corrected chi connectivity index (χ3v) is 2.99. The van der Waals surface area contributed by atoms with Crippen molar-refractivity contribution in [2.75, 3.05) is 20.3 Å². The van der Waals surface area contributed by atoms with Crippen molar-refractivity contribution in [1.29, 1.82) is 0 Å². The Kier molecular flexibility index (Phi) is 5.31. The number of aliphatic hydroxyl groups excluding tert-OH is 1. The van der Waals surface area contributed by atoms with Gasteiger partial charge in [-0.25, -0.2) is 0 Å². The molecule has 1 unspecified atom stereocenters. The first-order valence-corrected chi connectivity index (χ1v) is 5.98. The number of benzene rings is 1. The third kappa shape index (κ3) is 3.55. The Hall–Kier alpha value is -1.39. The maximum atomic E-state index is 12.2. The first kappa shape index (κ1) is 14.7. The van der Waals surface area contributed by atoms with E-state index in [9.17, 15) is 4.79 Å². The van der Waals surface area contributed by atoms with Gasteiger partial charge in [0.05, 0.1) is 24.7 Å². The summed E-state index contributed by atoms with van der Waals surface area (Å²) in [6.07, 6.45) is 0. The molecular weight excluding hydrogens is 230 g/mol. The third-order valence-electron chi connectivity index (χ3n) is 2.99. The van der Waals surface area contributed by atoms with E-state index in [0.29, 0.717) is 6.61 Å². The van der Waals surface area contributed by atoms with E-state index in [1.807, 2.05) is 44.2 Å². The summed E-state index contributed by atoms with van der Waals surface area (Å²) in [5, 5.41) is 11.9. The number of hydrogen-bond donors (Lipinski definition) is 2. The Morgan fingerprint density at radius 1 is 1.39 bits per heavy atom. The van der Waals surface area contributed by atoms with Crippen LogP contribution in [0.15, 0.2) is 30.3 Å². The van der Waals surface area contributed by atoms with Crippen LogP contribution in [-0.4, -0.2) is 37.4 Å². The van der Waals surface area contributed by atoms with E-state index in [1.165, 1.54) is 7.11 Å². The molecule has 0 fully saturated rings. The van der Waals surface area contributed by atoms with Crippen LogP contribution in [0.1, 0.15) is 19.4 Å². The first-order chi connectivity index (χ1) is 8.52. The van der Waals surface area contributed by atoms with Crippen LogP contribution in [0.4, 0.5) is 0 Å². The Balaban J connectivity index is 2.76. The molecule has 2 N–H and O–H groups in total. The van der Waals surface area contributed by atoms with E-state index < -0.39 is 5.41 Å². The van der Waals surface area contributed by atoms with Gasteiger partial charge >= 0.3 is 0 Å². The van der Waals surface area contributed by atoms with E-state index in [4.69, 9.17) is 9.84 Å². The molecule has 0 saturated carbocycles. The molecule has 0 bridgehead atoms. The SMILES string of the molecule is COCC(CO)NC(=O)C(C)(C)c1ccccc1. The predicted molar refractivity (Wildman–Crippen MR) is 70.4 cm³/mol. The molecule has 4 nitrogen and oxygen atoms in total. The van der Waals surface area contributed by atoms with Gasteiger partial charge in [0.2, 0.25) is 5.91 Å². The Morgan fingerprint density at radius 2 is 2.00 bits per heavy atom. The molecule has 1 amide bonds. The van der Waals surface area contributed by atoms with Crippen LogP contribution in [0.25, 0.3) is 0 Å². The average molecular weight is 251 g/mol. The number of methoxy groups -OCH3 is 1. The Morgan fingerprint density at radius 3 is 2.50 bits per heavy atom. The molecule has 0 aliphatic carbocycles. The van der Waals surface area contributed by atoms with Crippen LogP contribution < -0.4 is 5.32 Å². The summed E-state index contributed by atoms with van der Waals surface area (Å²) in [7, 11) is 1.54. The molecule has 100 valence electrons. The average Bonchev–Trinajstić information content (AvgIpc) is 2.39. The minimum Gasteiger partial charge on any atom is -0.394 e. The van der Waals surface area contributed by atoms with Crippen LogP contribution in [-0.2, 0) is 14.9 Å². The van der Waals surface area contributed by atoms with Crippen LogP contribution in [0.3, 0.4) is 0 Å². The quantitative estimate of drug-likeness (QED) is 0.795. The van der Waals surface area contributed by atoms with Gasteiger partial charge in [-0.05, 0) is 19.4 Å². The fourth-order valence-electron chi connectivity index (χ4n) is 1.69. The number of carbonyl (C=O) groups is 1. The van der Waals surface area contributed by atoms with Crippen LogP contribution in [0.5, 0.6) is 0 Å². The van der Waals surface area contributed by atoms with Gasteiger partial charge in [0.1, 0.15) is 0 Å². The molecule has 1 aromatic carbocycles. The minimum atomic E-state index is -0.636. The summed E-state index contributed by atoms with van der Waals surface area (Å²) in [6, 6.07) is 9.20. The Labute approximate surface area is 108 Å². The minimum absolute atomic E-state index is 0.121. The number of amides is 1. The molecule has 1 rings (SSSR count). The molecule has 1 atom stereocenters. The summed E-state index contributed by atoms with van der Waals surface area (Å²) in [5.41, 5.74) is 0.305. The van der Waals surface area contributed by atoms with Crippen molar-refractivity contribution in [3.63, 3.8) is 0 Å². The molecule has 0 aromatic heterocycles. The van der Waals surface area contributed by atoms with Crippen LogP contribution in [0, 0.1) is 0 Å². The van der Waals surface area contributed by atoms with Crippen molar-refractivity contribution < 1.29 is 14.6 Å². The van der Waals surface area contributed by atoms with Gasteiger partial charge in [0, 0.05) is 7.11 Å².